The van der Waals surface area contributed by atoms with Gasteiger partial charge in [0, 0.05) is 0 Å². The van der Waals surface area contributed by atoms with E-state index in [-0.39, 0.29) is 0 Å². The van der Waals surface area contributed by atoms with Gasteiger partial charge in [-0.1, -0.05) is 54.6 Å². The first-order valence-electron chi connectivity index (χ1n) is 7.77. The molecule has 0 saturated carbocycles. The molecular formula is C19H23N. The minimum absolute atomic E-state index is 0.921. The van der Waals surface area contributed by atoms with Gasteiger partial charge in [0.15, 0.2) is 0 Å². The molecule has 0 bridgehead atoms. The quantitative estimate of drug-likeness (QED) is 0.869. The number of hydrogen-bond acceptors (Lipinski definition) is 1. The van der Waals surface area contributed by atoms with Crippen molar-refractivity contribution in [3.05, 3.63) is 60.2 Å². The van der Waals surface area contributed by atoms with Crippen LogP contribution in [-0.4, -0.2) is 13.1 Å². The molecule has 0 aliphatic carbocycles. The predicted molar refractivity (Wildman–Crippen MR) is 85.8 cm³/mol. The fourth-order valence-electron chi connectivity index (χ4n) is 3.04. The zero-order valence-corrected chi connectivity index (χ0v) is 12.0. The molecule has 1 aliphatic rings. The van der Waals surface area contributed by atoms with Crippen LogP contribution in [0.25, 0.3) is 11.1 Å². The van der Waals surface area contributed by atoms with Gasteiger partial charge in [-0.2, -0.15) is 0 Å². The Balaban J connectivity index is 1.58. The van der Waals surface area contributed by atoms with Crippen LogP contribution >= 0.6 is 0 Å². The normalized spacial score (nSPS) is 16.2. The summed E-state index contributed by atoms with van der Waals surface area (Å²) in [5.74, 6) is 0.921. The maximum atomic E-state index is 3.44. The zero-order chi connectivity index (χ0) is 13.6. The summed E-state index contributed by atoms with van der Waals surface area (Å²) in [7, 11) is 0. The Hall–Kier alpha value is -1.60. The molecule has 0 radical (unpaired) electrons. The van der Waals surface area contributed by atoms with E-state index in [9.17, 15) is 0 Å². The van der Waals surface area contributed by atoms with E-state index in [0.717, 1.165) is 5.92 Å². The van der Waals surface area contributed by atoms with Crippen molar-refractivity contribution in [3.63, 3.8) is 0 Å². The largest absolute Gasteiger partial charge is 0.317 e. The van der Waals surface area contributed by atoms with Crippen LogP contribution in [0.3, 0.4) is 0 Å². The molecule has 1 fully saturated rings. The van der Waals surface area contributed by atoms with E-state index >= 15 is 0 Å². The second kappa shape index (κ2) is 6.71. The summed E-state index contributed by atoms with van der Waals surface area (Å²) in [5.41, 5.74) is 4.09. The van der Waals surface area contributed by atoms with Gasteiger partial charge >= 0.3 is 0 Å². The van der Waals surface area contributed by atoms with E-state index in [1.165, 1.54) is 55.5 Å². The van der Waals surface area contributed by atoms with Gasteiger partial charge in [-0.15, -0.1) is 0 Å². The topological polar surface area (TPSA) is 12.0 Å². The molecule has 1 aliphatic heterocycles. The highest BCUT2D eigenvalue weighted by molar-refractivity contribution is 5.63. The summed E-state index contributed by atoms with van der Waals surface area (Å²) in [6.07, 6.45) is 5.26. The molecule has 0 atom stereocenters. The first kappa shape index (κ1) is 13.4. The number of nitrogens with one attached hydrogen (secondary N) is 1. The Bertz CT molecular complexity index is 509. The van der Waals surface area contributed by atoms with Gasteiger partial charge in [-0.05, 0) is 61.4 Å². The fourth-order valence-corrected chi connectivity index (χ4v) is 3.04. The van der Waals surface area contributed by atoms with Crippen LogP contribution in [0.5, 0.6) is 0 Å². The smallest absolute Gasteiger partial charge is 0.00463 e. The Labute approximate surface area is 122 Å². The molecule has 0 unspecified atom stereocenters. The van der Waals surface area contributed by atoms with Crippen LogP contribution in [-0.2, 0) is 6.42 Å². The lowest BCUT2D eigenvalue weighted by atomic mass is 9.91. The molecule has 20 heavy (non-hydrogen) atoms. The lowest BCUT2D eigenvalue weighted by molar-refractivity contribution is 0.354. The molecule has 0 aromatic heterocycles. The third kappa shape index (κ3) is 3.49. The van der Waals surface area contributed by atoms with Crippen molar-refractivity contribution >= 4 is 0 Å². The Kier molecular flexibility index (Phi) is 4.49. The molecule has 3 rings (SSSR count). The maximum absolute atomic E-state index is 3.44. The van der Waals surface area contributed by atoms with Crippen molar-refractivity contribution in [1.82, 2.24) is 5.32 Å². The molecule has 1 heterocycles. The maximum Gasteiger partial charge on any atom is -0.00463 e. The SMILES string of the molecule is c1ccc(-c2ccc(CCC3CCNCC3)cc2)cc1. The van der Waals surface area contributed by atoms with Crippen molar-refractivity contribution in [2.24, 2.45) is 5.92 Å². The van der Waals surface area contributed by atoms with Crippen molar-refractivity contribution in [2.75, 3.05) is 13.1 Å². The van der Waals surface area contributed by atoms with E-state index < -0.39 is 0 Å². The molecule has 0 spiro atoms. The van der Waals surface area contributed by atoms with Gasteiger partial charge in [0.25, 0.3) is 0 Å². The van der Waals surface area contributed by atoms with Crippen LogP contribution in [0, 0.1) is 5.92 Å². The second-order valence-electron chi connectivity index (χ2n) is 5.79. The summed E-state index contributed by atoms with van der Waals surface area (Å²) in [5, 5.41) is 3.44. The standard InChI is InChI=1S/C19H23N/c1-2-4-18(5-3-1)19-10-8-16(9-11-19)6-7-17-12-14-20-15-13-17/h1-5,8-11,17,20H,6-7,12-15H2. The molecule has 2 aromatic carbocycles. The summed E-state index contributed by atoms with van der Waals surface area (Å²) in [6.45, 7) is 2.41. The number of aryl methyl sites for hydroxylation is 1. The number of benzene rings is 2. The van der Waals surface area contributed by atoms with Crippen molar-refractivity contribution < 1.29 is 0 Å². The number of rotatable bonds is 4. The van der Waals surface area contributed by atoms with Gasteiger partial charge < -0.3 is 5.32 Å². The second-order valence-corrected chi connectivity index (χ2v) is 5.79. The Morgan fingerprint density at radius 1 is 0.800 bits per heavy atom. The fraction of sp³-hybridized carbons (Fsp3) is 0.368. The minimum Gasteiger partial charge on any atom is -0.317 e. The van der Waals surface area contributed by atoms with E-state index in [2.05, 4.69) is 59.9 Å². The van der Waals surface area contributed by atoms with E-state index in [1.807, 2.05) is 0 Å². The van der Waals surface area contributed by atoms with Gasteiger partial charge in [0.05, 0.1) is 0 Å². The van der Waals surface area contributed by atoms with Crippen LogP contribution in [0.2, 0.25) is 0 Å². The van der Waals surface area contributed by atoms with Crippen LogP contribution in [0.4, 0.5) is 0 Å². The van der Waals surface area contributed by atoms with Crippen molar-refractivity contribution in [3.8, 4) is 11.1 Å². The molecule has 1 saturated heterocycles. The Morgan fingerprint density at radius 3 is 2.15 bits per heavy atom. The average Bonchev–Trinajstić information content (AvgIpc) is 2.55. The highest BCUT2D eigenvalue weighted by Crippen LogP contribution is 2.22. The third-order valence-electron chi connectivity index (χ3n) is 4.36. The highest BCUT2D eigenvalue weighted by Gasteiger charge is 2.12. The molecule has 104 valence electrons. The van der Waals surface area contributed by atoms with Gasteiger partial charge in [-0.3, -0.25) is 0 Å². The van der Waals surface area contributed by atoms with Crippen LogP contribution < -0.4 is 5.32 Å². The zero-order valence-electron chi connectivity index (χ0n) is 12.0. The van der Waals surface area contributed by atoms with Crippen LogP contribution in [0.15, 0.2) is 54.6 Å². The van der Waals surface area contributed by atoms with Crippen LogP contribution in [0.1, 0.15) is 24.8 Å². The number of piperidine rings is 1. The van der Waals surface area contributed by atoms with Crippen molar-refractivity contribution in [2.45, 2.75) is 25.7 Å². The van der Waals surface area contributed by atoms with E-state index in [4.69, 9.17) is 0 Å². The number of hydrogen-bond donors (Lipinski definition) is 1. The molecule has 2 aromatic rings. The van der Waals surface area contributed by atoms with Gasteiger partial charge in [0.1, 0.15) is 0 Å². The lowest BCUT2D eigenvalue weighted by Gasteiger charge is -2.22. The molecule has 1 N–H and O–H groups in total. The van der Waals surface area contributed by atoms with Gasteiger partial charge in [0.2, 0.25) is 0 Å². The van der Waals surface area contributed by atoms with E-state index in [0.29, 0.717) is 0 Å². The molecule has 0 amide bonds. The van der Waals surface area contributed by atoms with E-state index in [1.54, 1.807) is 0 Å². The van der Waals surface area contributed by atoms with Crippen molar-refractivity contribution in [1.29, 1.82) is 0 Å². The molecular weight excluding hydrogens is 242 g/mol. The average molecular weight is 265 g/mol. The first-order valence-corrected chi connectivity index (χ1v) is 7.77. The summed E-state index contributed by atoms with van der Waals surface area (Å²) in [4.78, 5) is 0. The highest BCUT2D eigenvalue weighted by atomic mass is 14.9. The first-order chi connectivity index (χ1) is 9.92. The molecule has 1 heteroatoms. The minimum atomic E-state index is 0.921. The third-order valence-corrected chi connectivity index (χ3v) is 4.36. The predicted octanol–water partition coefficient (Wildman–Crippen LogP) is 4.29. The molecule has 1 nitrogen and oxygen atoms in total. The lowest BCUT2D eigenvalue weighted by Crippen LogP contribution is -2.27. The summed E-state index contributed by atoms with van der Waals surface area (Å²) in [6, 6.07) is 19.7. The van der Waals surface area contributed by atoms with Gasteiger partial charge in [-0.25, -0.2) is 0 Å². The summed E-state index contributed by atoms with van der Waals surface area (Å²) < 4.78 is 0. The monoisotopic (exact) mass is 265 g/mol. The Morgan fingerprint density at radius 2 is 1.45 bits per heavy atom. The summed E-state index contributed by atoms with van der Waals surface area (Å²) >= 11 is 0.